The highest BCUT2D eigenvalue weighted by atomic mass is 16.3. The Morgan fingerprint density at radius 2 is 1.78 bits per heavy atom. The van der Waals surface area contributed by atoms with Crippen LogP contribution in [0.15, 0.2) is 60.2 Å². The van der Waals surface area contributed by atoms with Crippen molar-refractivity contribution in [2.24, 2.45) is 5.10 Å². The number of nitrogens with zero attached hydrogens (tertiary/aromatic N) is 4. The van der Waals surface area contributed by atoms with Crippen LogP contribution in [0, 0.1) is 25.2 Å². The van der Waals surface area contributed by atoms with Crippen molar-refractivity contribution >= 4 is 17.6 Å². The fourth-order valence-electron chi connectivity index (χ4n) is 3.59. The second kappa shape index (κ2) is 6.19. The minimum absolute atomic E-state index is 0.237. The van der Waals surface area contributed by atoms with Crippen molar-refractivity contribution in [1.29, 1.82) is 5.26 Å². The van der Waals surface area contributed by atoms with Gasteiger partial charge >= 0.3 is 0 Å². The topological polar surface area (TPSA) is 64.5 Å². The third kappa shape index (κ3) is 2.59. The van der Waals surface area contributed by atoms with E-state index in [9.17, 15) is 5.11 Å². The van der Waals surface area contributed by atoms with Crippen molar-refractivity contribution in [3.8, 4) is 17.5 Å². The van der Waals surface area contributed by atoms with Gasteiger partial charge in [-0.15, -0.1) is 0 Å². The van der Waals surface area contributed by atoms with Crippen molar-refractivity contribution in [2.45, 2.75) is 13.8 Å². The maximum atomic E-state index is 9.58. The number of hydrogen-bond acceptors (Lipinski definition) is 4. The Morgan fingerprint density at radius 3 is 2.48 bits per heavy atom. The molecule has 3 aromatic rings. The van der Waals surface area contributed by atoms with Gasteiger partial charge in [0.2, 0.25) is 0 Å². The number of hydrogen-bond donors (Lipinski definition) is 1. The molecule has 0 atom stereocenters. The molecule has 1 aliphatic rings. The second-order valence-electron chi connectivity index (χ2n) is 6.48. The Balaban J connectivity index is 1.83. The molecule has 27 heavy (non-hydrogen) atoms. The highest BCUT2D eigenvalue weighted by Gasteiger charge is 2.26. The van der Waals surface area contributed by atoms with Crippen LogP contribution in [0.25, 0.3) is 11.4 Å². The van der Waals surface area contributed by atoms with Gasteiger partial charge in [0, 0.05) is 28.2 Å². The molecule has 0 amide bonds. The summed E-state index contributed by atoms with van der Waals surface area (Å²) in [6.45, 7) is 8.36. The summed E-state index contributed by atoms with van der Waals surface area (Å²) in [4.78, 5) is 0. The first-order chi connectivity index (χ1) is 13.0. The van der Waals surface area contributed by atoms with Crippen LogP contribution >= 0.6 is 0 Å². The van der Waals surface area contributed by atoms with Gasteiger partial charge in [-0.3, -0.25) is 0 Å². The molecule has 1 aromatic heterocycles. The van der Waals surface area contributed by atoms with E-state index >= 15 is 0 Å². The first-order valence-corrected chi connectivity index (χ1v) is 8.56. The lowest BCUT2D eigenvalue weighted by Crippen LogP contribution is -2.19. The molecule has 4 rings (SSSR count). The summed E-state index contributed by atoms with van der Waals surface area (Å²) in [5.41, 5.74) is 7.27. The van der Waals surface area contributed by atoms with Crippen LogP contribution in [0.2, 0.25) is 0 Å². The molecule has 0 bridgehead atoms. The van der Waals surface area contributed by atoms with Crippen LogP contribution in [0.5, 0.6) is 5.75 Å². The lowest BCUT2D eigenvalue weighted by Gasteiger charge is -2.25. The number of fused-ring (bicyclic) bond motifs is 1. The molecule has 0 saturated heterocycles. The van der Waals surface area contributed by atoms with Crippen molar-refractivity contribution in [3.05, 3.63) is 83.2 Å². The number of aromatic hydroxyl groups is 1. The molecule has 0 fully saturated rings. The van der Waals surface area contributed by atoms with E-state index in [0.29, 0.717) is 5.56 Å². The van der Waals surface area contributed by atoms with E-state index in [2.05, 4.69) is 22.3 Å². The van der Waals surface area contributed by atoms with E-state index in [1.54, 1.807) is 29.3 Å². The Hall–Kier alpha value is -3.78. The molecule has 1 aliphatic heterocycles. The van der Waals surface area contributed by atoms with Crippen LogP contribution in [0.1, 0.15) is 28.1 Å². The largest absolute Gasteiger partial charge is 0.508 e. The zero-order valence-electron chi connectivity index (χ0n) is 15.1. The van der Waals surface area contributed by atoms with Gasteiger partial charge in [-0.05, 0) is 56.3 Å². The van der Waals surface area contributed by atoms with Gasteiger partial charge in [-0.1, -0.05) is 12.6 Å². The van der Waals surface area contributed by atoms with Gasteiger partial charge in [0.15, 0.2) is 0 Å². The lowest BCUT2D eigenvalue weighted by molar-refractivity contribution is 0.475. The molecule has 1 N–H and O–H groups in total. The van der Waals surface area contributed by atoms with Crippen LogP contribution < -0.4 is 5.01 Å². The zero-order valence-corrected chi connectivity index (χ0v) is 15.1. The van der Waals surface area contributed by atoms with E-state index in [1.807, 2.05) is 44.3 Å². The van der Waals surface area contributed by atoms with Crippen LogP contribution in [-0.4, -0.2) is 15.9 Å². The fourth-order valence-corrected chi connectivity index (χ4v) is 3.59. The summed E-state index contributed by atoms with van der Waals surface area (Å²) < 4.78 is 2.14. The molecule has 0 aliphatic carbocycles. The Bertz CT molecular complexity index is 1130. The molecule has 0 radical (unpaired) electrons. The zero-order chi connectivity index (χ0) is 19.1. The van der Waals surface area contributed by atoms with Gasteiger partial charge in [-0.25, -0.2) is 5.01 Å². The van der Waals surface area contributed by atoms with Gasteiger partial charge in [0.25, 0.3) is 0 Å². The summed E-state index contributed by atoms with van der Waals surface area (Å²) in [5, 5.41) is 25.1. The van der Waals surface area contributed by atoms with Crippen LogP contribution in [-0.2, 0) is 0 Å². The first kappa shape index (κ1) is 16.7. The highest BCUT2D eigenvalue weighted by molar-refractivity contribution is 5.98. The van der Waals surface area contributed by atoms with E-state index < -0.39 is 0 Å². The summed E-state index contributed by atoms with van der Waals surface area (Å²) in [6, 6.07) is 16.6. The van der Waals surface area contributed by atoms with Crippen molar-refractivity contribution in [1.82, 2.24) is 4.57 Å². The van der Waals surface area contributed by atoms with Crippen molar-refractivity contribution in [3.63, 3.8) is 0 Å². The monoisotopic (exact) mass is 354 g/mol. The molecule has 132 valence electrons. The predicted octanol–water partition coefficient (Wildman–Crippen LogP) is 4.50. The van der Waals surface area contributed by atoms with Gasteiger partial charge in [-0.2, -0.15) is 10.4 Å². The number of rotatable bonds is 2. The number of phenols is 1. The van der Waals surface area contributed by atoms with Crippen molar-refractivity contribution < 1.29 is 5.11 Å². The van der Waals surface area contributed by atoms with E-state index in [-0.39, 0.29) is 5.75 Å². The van der Waals surface area contributed by atoms with Crippen LogP contribution in [0.4, 0.5) is 5.69 Å². The first-order valence-electron chi connectivity index (χ1n) is 8.56. The fraction of sp³-hybridized carbons (Fsp3) is 0.0909. The normalized spacial score (nSPS) is 12.8. The summed E-state index contributed by atoms with van der Waals surface area (Å²) in [5.74, 6) is 0.237. The smallest absolute Gasteiger partial charge is 0.115 e. The second-order valence-corrected chi connectivity index (χ2v) is 6.48. The summed E-state index contributed by atoms with van der Waals surface area (Å²) >= 11 is 0. The maximum Gasteiger partial charge on any atom is 0.115 e. The molecular weight excluding hydrogens is 336 g/mol. The number of hydrazone groups is 1. The molecule has 5 nitrogen and oxygen atoms in total. The molecule has 2 aromatic carbocycles. The Labute approximate surface area is 157 Å². The standard InChI is InChI=1S/C22H18N4O/c1-14-21-13-24-26(19-6-4-5-17(11-19)12-23)16(3)22(21)15(2)25(14)18-7-9-20(27)10-8-18/h4-11,13,27H,3H2,1-2H3. The average molecular weight is 354 g/mol. The maximum absolute atomic E-state index is 9.58. The average Bonchev–Trinajstić information content (AvgIpc) is 2.94. The van der Waals surface area contributed by atoms with E-state index in [4.69, 9.17) is 5.26 Å². The molecule has 5 heteroatoms. The molecule has 0 spiro atoms. The number of aromatic nitrogens is 1. The molecular formula is C22H18N4O. The lowest BCUT2D eigenvalue weighted by atomic mass is 10.0. The SMILES string of the molecule is C=C1c2c(c(C)n(-c3ccc(O)cc3)c2C)C=NN1c1cccc(C#N)c1. The number of anilines is 1. The molecule has 2 heterocycles. The summed E-state index contributed by atoms with van der Waals surface area (Å²) in [6.07, 6.45) is 1.84. The minimum atomic E-state index is 0.237. The van der Waals surface area contributed by atoms with Gasteiger partial charge in [0.05, 0.1) is 29.2 Å². The predicted molar refractivity (Wildman–Crippen MR) is 107 cm³/mol. The van der Waals surface area contributed by atoms with Crippen molar-refractivity contribution in [2.75, 3.05) is 5.01 Å². The third-order valence-electron chi connectivity index (χ3n) is 4.87. The summed E-state index contributed by atoms with van der Waals surface area (Å²) in [7, 11) is 0. The molecule has 0 unspecified atom stereocenters. The number of benzene rings is 2. The van der Waals surface area contributed by atoms with Crippen LogP contribution in [0.3, 0.4) is 0 Å². The Morgan fingerprint density at radius 1 is 1.04 bits per heavy atom. The van der Waals surface area contributed by atoms with E-state index in [1.165, 1.54) is 0 Å². The third-order valence-corrected chi connectivity index (χ3v) is 4.87. The number of phenolic OH excluding ortho intramolecular Hbond substituents is 1. The van der Waals surface area contributed by atoms with Gasteiger partial charge < -0.3 is 9.67 Å². The quantitative estimate of drug-likeness (QED) is 0.737. The highest BCUT2D eigenvalue weighted by Crippen LogP contribution is 2.36. The van der Waals surface area contributed by atoms with Gasteiger partial charge in [0.1, 0.15) is 5.75 Å². The minimum Gasteiger partial charge on any atom is -0.508 e. The molecule has 0 saturated carbocycles. The Kier molecular flexibility index (Phi) is 3.82. The van der Waals surface area contributed by atoms with E-state index in [0.717, 1.165) is 39.6 Å². The number of nitriles is 1.